The monoisotopic (exact) mass is 448 g/mol. The summed E-state index contributed by atoms with van der Waals surface area (Å²) in [6.45, 7) is 7.27. The minimum absolute atomic E-state index is 0.00594. The van der Waals surface area contributed by atoms with E-state index in [0.717, 1.165) is 32.1 Å². The number of nitrogens with one attached hydrogen (secondary N) is 2. The molecule has 4 saturated carbocycles. The Morgan fingerprint density at radius 3 is 2.52 bits per heavy atom. The second-order valence-corrected chi connectivity index (χ2v) is 13.3. The lowest BCUT2D eigenvalue weighted by molar-refractivity contribution is -0.174. The van der Waals surface area contributed by atoms with E-state index in [-0.39, 0.29) is 34.2 Å². The van der Waals surface area contributed by atoms with Crippen molar-refractivity contribution in [2.75, 3.05) is 0 Å². The van der Waals surface area contributed by atoms with Crippen LogP contribution in [0.25, 0.3) is 0 Å². The molecule has 1 saturated heterocycles. The number of amides is 1. The minimum Gasteiger partial charge on any atom is -0.393 e. The van der Waals surface area contributed by atoms with Crippen LogP contribution in [-0.2, 0) is 4.79 Å². The van der Waals surface area contributed by atoms with E-state index in [4.69, 9.17) is 5.41 Å². The van der Waals surface area contributed by atoms with Crippen LogP contribution < -0.4 is 5.32 Å². The van der Waals surface area contributed by atoms with Crippen molar-refractivity contribution >= 4 is 22.8 Å². The van der Waals surface area contributed by atoms with E-state index in [1.807, 2.05) is 0 Å². The predicted molar refractivity (Wildman–Crippen MR) is 124 cm³/mol. The molecular formula is C25H40N2O3S. The lowest BCUT2D eigenvalue weighted by atomic mass is 9.43. The highest BCUT2D eigenvalue weighted by molar-refractivity contribution is 8.15. The molecule has 0 aromatic carbocycles. The van der Waals surface area contributed by atoms with Gasteiger partial charge in [-0.25, -0.2) is 0 Å². The maximum Gasteiger partial charge on any atom is 0.239 e. The summed E-state index contributed by atoms with van der Waals surface area (Å²) in [5, 5.41) is 32.2. The van der Waals surface area contributed by atoms with Crippen LogP contribution in [0.15, 0.2) is 0 Å². The van der Waals surface area contributed by atoms with Crippen LogP contribution in [0.2, 0.25) is 0 Å². The molecule has 0 aromatic heterocycles. The number of aliphatic hydroxyl groups excluding tert-OH is 2. The van der Waals surface area contributed by atoms with Gasteiger partial charge in [0.1, 0.15) is 0 Å². The second kappa shape index (κ2) is 7.73. The normalized spacial score (nSPS) is 52.8. The summed E-state index contributed by atoms with van der Waals surface area (Å²) in [6, 6.07) is 0. The Morgan fingerprint density at radius 2 is 1.81 bits per heavy atom. The molecule has 5 nitrogen and oxygen atoms in total. The molecule has 31 heavy (non-hydrogen) atoms. The zero-order chi connectivity index (χ0) is 22.1. The Kier molecular flexibility index (Phi) is 5.54. The molecule has 1 amide bonds. The highest BCUT2D eigenvalue weighted by Crippen LogP contribution is 2.68. The molecule has 0 spiro atoms. The highest BCUT2D eigenvalue weighted by atomic mass is 32.2. The van der Waals surface area contributed by atoms with Crippen LogP contribution in [0.5, 0.6) is 0 Å². The molecule has 6 heteroatoms. The van der Waals surface area contributed by atoms with E-state index in [9.17, 15) is 15.0 Å². The molecule has 5 aliphatic rings. The molecule has 1 heterocycles. The number of fused-ring (bicyclic) bond motifs is 5. The summed E-state index contributed by atoms with van der Waals surface area (Å²) in [7, 11) is 0. The van der Waals surface area contributed by atoms with E-state index in [1.165, 1.54) is 37.4 Å². The molecule has 0 bridgehead atoms. The van der Waals surface area contributed by atoms with Crippen LogP contribution in [0.4, 0.5) is 0 Å². The van der Waals surface area contributed by atoms with Crippen molar-refractivity contribution in [3.8, 4) is 0 Å². The zero-order valence-electron chi connectivity index (χ0n) is 19.3. The molecule has 0 radical (unpaired) electrons. The fourth-order valence-corrected chi connectivity index (χ4v) is 10.3. The Bertz CT molecular complexity index is 761. The van der Waals surface area contributed by atoms with E-state index >= 15 is 0 Å². The SMILES string of the molecule is C[C@H](CC1SC(=N)NC1=O)C1CCC2C3C(CC[C@@]21C)[C@@]1(C)CC[C@@H](O)C[C@H]1C[C@H]3O. The molecule has 4 N–H and O–H groups in total. The Balaban J connectivity index is 1.35. The van der Waals surface area contributed by atoms with Crippen LogP contribution in [0.1, 0.15) is 78.6 Å². The van der Waals surface area contributed by atoms with Crippen LogP contribution in [0, 0.1) is 51.7 Å². The predicted octanol–water partition coefficient (Wildman–Crippen LogP) is 4.17. The fourth-order valence-electron chi connectivity index (χ4n) is 9.25. The molecule has 174 valence electrons. The number of hydrogen-bond donors (Lipinski definition) is 4. The topological polar surface area (TPSA) is 93.4 Å². The van der Waals surface area contributed by atoms with Crippen molar-refractivity contribution in [3.05, 3.63) is 0 Å². The van der Waals surface area contributed by atoms with Crippen LogP contribution >= 0.6 is 11.8 Å². The van der Waals surface area contributed by atoms with E-state index < -0.39 is 0 Å². The van der Waals surface area contributed by atoms with Gasteiger partial charge in [0.05, 0.1) is 17.5 Å². The third-order valence-corrected chi connectivity index (χ3v) is 11.8. The van der Waals surface area contributed by atoms with Crippen LogP contribution in [0.3, 0.4) is 0 Å². The number of rotatable bonds is 3. The van der Waals surface area contributed by atoms with Gasteiger partial charge in [-0.05, 0) is 104 Å². The summed E-state index contributed by atoms with van der Waals surface area (Å²) >= 11 is 1.38. The van der Waals surface area contributed by atoms with E-state index in [0.29, 0.717) is 40.7 Å². The van der Waals surface area contributed by atoms with Crippen molar-refractivity contribution in [1.29, 1.82) is 5.41 Å². The molecule has 5 rings (SSSR count). The lowest BCUT2D eigenvalue weighted by Crippen LogP contribution is -2.58. The summed E-state index contributed by atoms with van der Waals surface area (Å²) in [4.78, 5) is 12.2. The first-order valence-electron chi connectivity index (χ1n) is 12.6. The van der Waals surface area contributed by atoms with Crippen LogP contribution in [-0.4, -0.2) is 38.7 Å². The van der Waals surface area contributed by atoms with Gasteiger partial charge in [0.2, 0.25) is 5.91 Å². The summed E-state index contributed by atoms with van der Waals surface area (Å²) in [5.41, 5.74) is 0.513. The Labute approximate surface area is 191 Å². The van der Waals surface area contributed by atoms with Gasteiger partial charge in [0.15, 0.2) is 5.17 Å². The standard InChI is InChI=1S/C25H40N2O3S/c1-13(10-20-22(30)27-23(26)31-20)16-4-5-17-21-18(7-9-25(16,17)3)24(2)8-6-15(28)11-14(24)12-19(21)29/h13-21,28-29H,4-12H2,1-3H3,(H2,26,27,30)/t13-,14+,15-,16?,17?,18?,19-,20?,21?,24+,25-/m1/s1. The molecule has 4 aliphatic carbocycles. The van der Waals surface area contributed by atoms with Gasteiger partial charge in [0, 0.05) is 0 Å². The van der Waals surface area contributed by atoms with Gasteiger partial charge in [-0.15, -0.1) is 0 Å². The van der Waals surface area contributed by atoms with Crippen molar-refractivity contribution in [3.63, 3.8) is 0 Å². The number of amidine groups is 1. The lowest BCUT2D eigenvalue weighted by Gasteiger charge is -2.62. The molecule has 11 atom stereocenters. The van der Waals surface area contributed by atoms with E-state index in [1.54, 1.807) is 0 Å². The number of carbonyl (C=O) groups excluding carboxylic acids is 1. The number of carbonyl (C=O) groups is 1. The van der Waals surface area contributed by atoms with Crippen molar-refractivity contribution < 1.29 is 15.0 Å². The minimum atomic E-state index is -0.233. The van der Waals surface area contributed by atoms with Gasteiger partial charge in [-0.1, -0.05) is 32.5 Å². The number of thioether (sulfide) groups is 1. The van der Waals surface area contributed by atoms with Gasteiger partial charge >= 0.3 is 0 Å². The van der Waals surface area contributed by atoms with Gasteiger partial charge < -0.3 is 15.5 Å². The second-order valence-electron chi connectivity index (χ2n) is 12.1. The molecule has 0 aromatic rings. The Morgan fingerprint density at radius 1 is 1.10 bits per heavy atom. The first-order chi connectivity index (χ1) is 14.6. The summed E-state index contributed by atoms with van der Waals surface area (Å²) < 4.78 is 0. The number of hydrogen-bond acceptors (Lipinski definition) is 5. The third-order valence-electron chi connectivity index (χ3n) is 10.8. The maximum absolute atomic E-state index is 12.2. The average Bonchev–Trinajstić information content (AvgIpc) is 3.21. The summed E-state index contributed by atoms with van der Waals surface area (Å²) in [6.07, 6.45) is 9.02. The van der Waals surface area contributed by atoms with Gasteiger partial charge in [0.25, 0.3) is 0 Å². The highest BCUT2D eigenvalue weighted by Gasteiger charge is 2.63. The molecule has 1 aliphatic heterocycles. The smallest absolute Gasteiger partial charge is 0.239 e. The van der Waals surface area contributed by atoms with Crippen molar-refractivity contribution in [2.24, 2.45) is 46.3 Å². The van der Waals surface area contributed by atoms with Crippen molar-refractivity contribution in [2.45, 2.75) is 96.0 Å². The fraction of sp³-hybridized carbons (Fsp3) is 0.920. The first-order valence-corrected chi connectivity index (χ1v) is 13.4. The maximum atomic E-state index is 12.2. The zero-order valence-corrected chi connectivity index (χ0v) is 20.1. The molecular weight excluding hydrogens is 408 g/mol. The molecule has 5 fully saturated rings. The quantitative estimate of drug-likeness (QED) is 0.521. The summed E-state index contributed by atoms with van der Waals surface area (Å²) in [5.74, 6) is 3.05. The molecule has 5 unspecified atom stereocenters. The van der Waals surface area contributed by atoms with Crippen molar-refractivity contribution in [1.82, 2.24) is 5.32 Å². The van der Waals surface area contributed by atoms with E-state index in [2.05, 4.69) is 26.1 Å². The number of aliphatic hydroxyl groups is 2. The Hall–Kier alpha value is -0.590. The third kappa shape index (κ3) is 3.42. The van der Waals surface area contributed by atoms with Gasteiger partial charge in [-0.3, -0.25) is 10.2 Å². The largest absolute Gasteiger partial charge is 0.393 e. The van der Waals surface area contributed by atoms with Gasteiger partial charge in [-0.2, -0.15) is 0 Å². The average molecular weight is 449 g/mol. The first kappa shape index (κ1) is 22.2.